The Bertz CT molecular complexity index is 1180. The lowest BCUT2D eigenvalue weighted by Gasteiger charge is -2.06. The van der Waals surface area contributed by atoms with E-state index in [1.807, 2.05) is 6.92 Å². The van der Waals surface area contributed by atoms with Crippen molar-refractivity contribution in [3.05, 3.63) is 48.2 Å². The molecule has 0 saturated heterocycles. The van der Waals surface area contributed by atoms with Crippen LogP contribution in [0.15, 0.2) is 36.8 Å². The molecule has 0 bridgehead atoms. The van der Waals surface area contributed by atoms with E-state index in [0.717, 1.165) is 11.5 Å². The average molecular weight is 461 g/mol. The fourth-order valence-electron chi connectivity index (χ4n) is 2.69. The Morgan fingerprint density at radius 1 is 1.26 bits per heavy atom. The van der Waals surface area contributed by atoms with Gasteiger partial charge in [0.15, 0.2) is 0 Å². The van der Waals surface area contributed by atoms with Crippen LogP contribution in [0.1, 0.15) is 35.9 Å². The van der Waals surface area contributed by atoms with Crippen LogP contribution in [0.3, 0.4) is 0 Å². The summed E-state index contributed by atoms with van der Waals surface area (Å²) in [5.74, 6) is 0.0534. The molecule has 1 fully saturated rings. The van der Waals surface area contributed by atoms with Gasteiger partial charge in [0.1, 0.15) is 10.7 Å². The lowest BCUT2D eigenvalue weighted by atomic mass is 10.2. The van der Waals surface area contributed by atoms with Gasteiger partial charge in [0.05, 0.1) is 42.2 Å². The van der Waals surface area contributed by atoms with Gasteiger partial charge in [0.25, 0.3) is 5.91 Å². The lowest BCUT2D eigenvalue weighted by Crippen LogP contribution is -2.23. The number of hydrogen-bond acceptors (Lipinski definition) is 9. The Balaban J connectivity index is 1.34. The highest BCUT2D eigenvalue weighted by molar-refractivity contribution is 7.93. The van der Waals surface area contributed by atoms with Crippen LogP contribution < -0.4 is 14.8 Å². The maximum Gasteiger partial charge on any atom is 0.270 e. The summed E-state index contributed by atoms with van der Waals surface area (Å²) in [5.41, 5.74) is 2.10. The number of ether oxygens (including phenoxy) is 1. The summed E-state index contributed by atoms with van der Waals surface area (Å²) in [6, 6.07) is 4.94. The minimum atomic E-state index is -3.33. The molecule has 31 heavy (non-hydrogen) atoms. The van der Waals surface area contributed by atoms with Crippen LogP contribution in [-0.2, 0) is 16.6 Å². The summed E-state index contributed by atoms with van der Waals surface area (Å²) < 4.78 is 36.0. The van der Waals surface area contributed by atoms with E-state index >= 15 is 0 Å². The molecule has 1 amide bonds. The first kappa shape index (κ1) is 21.1. The Labute approximate surface area is 183 Å². The smallest absolute Gasteiger partial charge is 0.270 e. The number of pyridine rings is 1. The molecule has 0 unspecified atom stereocenters. The zero-order valence-electron chi connectivity index (χ0n) is 16.6. The summed E-state index contributed by atoms with van der Waals surface area (Å²) in [4.78, 5) is 25.0. The average Bonchev–Trinajstić information content (AvgIpc) is 3.55. The molecule has 0 spiro atoms. The van der Waals surface area contributed by atoms with Crippen molar-refractivity contribution >= 4 is 32.5 Å². The number of amides is 1. The van der Waals surface area contributed by atoms with Gasteiger partial charge in [-0.05, 0) is 49.5 Å². The van der Waals surface area contributed by atoms with Crippen molar-refractivity contribution in [2.45, 2.75) is 31.6 Å². The van der Waals surface area contributed by atoms with Gasteiger partial charge in [-0.15, -0.1) is 0 Å². The Morgan fingerprint density at radius 2 is 2.10 bits per heavy atom. The topological polar surface area (TPSA) is 136 Å². The Hall–Kier alpha value is -3.12. The molecule has 3 aromatic heterocycles. The summed E-state index contributed by atoms with van der Waals surface area (Å²) in [7, 11) is -3.33. The number of carbonyl (C=O) groups is 1. The standard InChI is InChI=1S/C19H20N6O4S2/c1-2-29-17-11-20-10-16(23-17)12-3-6-15(21-8-12)19(26)22-9-13-7-18(30-24-13)25-31(27,28)14-4-5-14/h3,6-8,10-11,14,25H,2,4-5,9H2,1H3,(H,22,26). The van der Waals surface area contributed by atoms with Crippen molar-refractivity contribution < 1.29 is 17.9 Å². The predicted octanol–water partition coefficient (Wildman–Crippen LogP) is 2.23. The lowest BCUT2D eigenvalue weighted by molar-refractivity contribution is 0.0945. The summed E-state index contributed by atoms with van der Waals surface area (Å²) in [5, 5.41) is 2.86. The predicted molar refractivity (Wildman–Crippen MR) is 115 cm³/mol. The Morgan fingerprint density at radius 3 is 2.81 bits per heavy atom. The highest BCUT2D eigenvalue weighted by Gasteiger charge is 2.36. The third-order valence-electron chi connectivity index (χ3n) is 4.39. The van der Waals surface area contributed by atoms with E-state index in [2.05, 4.69) is 29.4 Å². The minimum Gasteiger partial charge on any atom is -0.477 e. The van der Waals surface area contributed by atoms with Gasteiger partial charge in [-0.25, -0.2) is 13.4 Å². The molecule has 3 aromatic rings. The third-order valence-corrected chi connectivity index (χ3v) is 7.12. The van der Waals surface area contributed by atoms with Crippen molar-refractivity contribution in [2.24, 2.45) is 0 Å². The number of hydrogen-bond donors (Lipinski definition) is 2. The first-order valence-electron chi connectivity index (χ1n) is 9.61. The van der Waals surface area contributed by atoms with Crippen molar-refractivity contribution in [1.82, 2.24) is 24.6 Å². The molecule has 12 heteroatoms. The van der Waals surface area contributed by atoms with Gasteiger partial charge in [-0.1, -0.05) is 0 Å². The zero-order valence-corrected chi connectivity index (χ0v) is 18.2. The van der Waals surface area contributed by atoms with Crippen molar-refractivity contribution in [3.63, 3.8) is 0 Å². The fourth-order valence-corrected chi connectivity index (χ4v) is 4.97. The van der Waals surface area contributed by atoms with E-state index in [4.69, 9.17) is 4.74 Å². The van der Waals surface area contributed by atoms with Crippen LogP contribution in [0.5, 0.6) is 5.88 Å². The second-order valence-corrected chi connectivity index (χ2v) is 9.59. The van der Waals surface area contributed by atoms with Crippen molar-refractivity contribution in [3.8, 4) is 17.1 Å². The first-order valence-corrected chi connectivity index (χ1v) is 11.9. The Kier molecular flexibility index (Phi) is 6.09. The highest BCUT2D eigenvalue weighted by atomic mass is 32.2. The second kappa shape index (κ2) is 8.94. The van der Waals surface area contributed by atoms with Gasteiger partial charge in [-0.3, -0.25) is 19.5 Å². The number of carbonyl (C=O) groups excluding carboxylic acids is 1. The number of nitrogens with zero attached hydrogens (tertiary/aromatic N) is 4. The molecular formula is C19H20N6O4S2. The molecule has 1 aliphatic rings. The minimum absolute atomic E-state index is 0.159. The van der Waals surface area contributed by atoms with Crippen LogP contribution >= 0.6 is 11.5 Å². The molecule has 4 rings (SSSR count). The molecule has 1 saturated carbocycles. The van der Waals surface area contributed by atoms with E-state index in [0.29, 0.717) is 47.3 Å². The molecule has 3 heterocycles. The zero-order chi connectivity index (χ0) is 21.8. The first-order chi connectivity index (χ1) is 14.9. The highest BCUT2D eigenvalue weighted by Crippen LogP contribution is 2.30. The number of rotatable bonds is 9. The van der Waals surface area contributed by atoms with E-state index in [9.17, 15) is 13.2 Å². The molecule has 2 N–H and O–H groups in total. The van der Waals surface area contributed by atoms with Gasteiger partial charge < -0.3 is 10.1 Å². The normalized spacial score (nSPS) is 13.6. The van der Waals surface area contributed by atoms with Gasteiger partial charge in [0, 0.05) is 11.8 Å². The number of nitrogens with one attached hydrogen (secondary N) is 2. The molecule has 1 aliphatic carbocycles. The van der Waals surface area contributed by atoms with Crippen LogP contribution in [0.2, 0.25) is 0 Å². The van der Waals surface area contributed by atoms with Gasteiger partial charge in [0.2, 0.25) is 15.9 Å². The van der Waals surface area contributed by atoms with Crippen molar-refractivity contribution in [2.75, 3.05) is 11.3 Å². The van der Waals surface area contributed by atoms with Crippen LogP contribution in [0.25, 0.3) is 11.3 Å². The van der Waals surface area contributed by atoms with Gasteiger partial charge >= 0.3 is 0 Å². The largest absolute Gasteiger partial charge is 0.477 e. The number of sulfonamides is 1. The monoisotopic (exact) mass is 460 g/mol. The number of aromatic nitrogens is 4. The molecule has 0 aromatic carbocycles. The van der Waals surface area contributed by atoms with Crippen molar-refractivity contribution in [1.29, 1.82) is 0 Å². The quantitative estimate of drug-likeness (QED) is 0.496. The maximum absolute atomic E-state index is 12.4. The van der Waals surface area contributed by atoms with Gasteiger partial charge in [-0.2, -0.15) is 4.37 Å². The number of anilines is 1. The van der Waals surface area contributed by atoms with Crippen LogP contribution in [0.4, 0.5) is 5.00 Å². The molecular weight excluding hydrogens is 440 g/mol. The van der Waals surface area contributed by atoms with Crippen LogP contribution in [0, 0.1) is 0 Å². The maximum atomic E-state index is 12.4. The van der Waals surface area contributed by atoms with E-state index in [1.165, 1.54) is 6.20 Å². The van der Waals surface area contributed by atoms with E-state index in [-0.39, 0.29) is 23.4 Å². The SMILES string of the molecule is CCOc1cncc(-c2ccc(C(=O)NCc3cc(NS(=O)(=O)C4CC4)sn3)nc2)n1. The molecule has 0 radical (unpaired) electrons. The van der Waals surface area contributed by atoms with Crippen LogP contribution in [-0.4, -0.2) is 45.5 Å². The summed E-state index contributed by atoms with van der Waals surface area (Å²) in [6.07, 6.45) is 6.04. The van der Waals surface area contributed by atoms with E-state index < -0.39 is 10.0 Å². The molecule has 10 nitrogen and oxygen atoms in total. The molecule has 0 atom stereocenters. The fraction of sp³-hybridized carbons (Fsp3) is 0.316. The van der Waals surface area contributed by atoms with E-state index in [1.54, 1.807) is 30.6 Å². The molecule has 0 aliphatic heterocycles. The third kappa shape index (κ3) is 5.33. The summed E-state index contributed by atoms with van der Waals surface area (Å²) >= 11 is 1.04. The second-order valence-electron chi connectivity index (χ2n) is 6.82. The summed E-state index contributed by atoms with van der Waals surface area (Å²) in [6.45, 7) is 2.51. The molecule has 162 valence electrons.